The van der Waals surface area contributed by atoms with Crippen molar-refractivity contribution in [2.45, 2.75) is 39.3 Å². The number of aromatic carboxylic acids is 1. The van der Waals surface area contributed by atoms with Crippen LogP contribution in [0.1, 0.15) is 47.8 Å². The largest absolute Gasteiger partial charge is 0.478 e. The lowest BCUT2D eigenvalue weighted by atomic mass is 9.87. The number of halogens is 1. The fraction of sp³-hybridized carbons (Fsp3) is 0.259. The summed E-state index contributed by atoms with van der Waals surface area (Å²) in [7, 11) is 0. The quantitative estimate of drug-likeness (QED) is 0.451. The van der Waals surface area contributed by atoms with Gasteiger partial charge in [0.1, 0.15) is 0 Å². The zero-order chi connectivity index (χ0) is 24.0. The van der Waals surface area contributed by atoms with Gasteiger partial charge in [0.05, 0.1) is 18.7 Å². The Morgan fingerprint density at radius 1 is 0.879 bits per heavy atom. The molecule has 3 aromatic carbocycles. The number of carboxylic acids is 1. The van der Waals surface area contributed by atoms with Crippen LogP contribution in [0.2, 0.25) is 5.02 Å². The van der Waals surface area contributed by atoms with Crippen LogP contribution in [0.25, 0.3) is 0 Å². The van der Waals surface area contributed by atoms with Crippen LogP contribution in [0.5, 0.6) is 0 Å². The van der Waals surface area contributed by atoms with Gasteiger partial charge in [-0.2, -0.15) is 0 Å². The van der Waals surface area contributed by atoms with Crippen molar-refractivity contribution in [3.63, 3.8) is 0 Å². The molecule has 33 heavy (non-hydrogen) atoms. The van der Waals surface area contributed by atoms with Crippen LogP contribution in [0.3, 0.4) is 0 Å². The van der Waals surface area contributed by atoms with Crippen molar-refractivity contribution < 1.29 is 14.7 Å². The number of hydrogen-bond donors (Lipinski definition) is 2. The summed E-state index contributed by atoms with van der Waals surface area (Å²) in [6, 6.07) is 22.1. The molecule has 0 saturated carbocycles. The van der Waals surface area contributed by atoms with Gasteiger partial charge in [-0.1, -0.05) is 68.8 Å². The molecule has 0 aromatic heterocycles. The second kappa shape index (κ2) is 10.6. The van der Waals surface area contributed by atoms with E-state index in [0.717, 1.165) is 11.1 Å². The number of amides is 1. The fourth-order valence-corrected chi connectivity index (χ4v) is 3.54. The maximum Gasteiger partial charge on any atom is 0.335 e. The highest BCUT2D eigenvalue weighted by Crippen LogP contribution is 2.24. The van der Waals surface area contributed by atoms with Gasteiger partial charge in [0.2, 0.25) is 5.91 Å². The summed E-state index contributed by atoms with van der Waals surface area (Å²) < 4.78 is 0. The Balaban J connectivity index is 1.76. The van der Waals surface area contributed by atoms with E-state index in [1.54, 1.807) is 17.0 Å². The molecule has 6 heteroatoms. The molecule has 172 valence electrons. The van der Waals surface area contributed by atoms with E-state index in [2.05, 4.69) is 38.2 Å². The van der Waals surface area contributed by atoms with Gasteiger partial charge in [-0.25, -0.2) is 4.79 Å². The number of hydrogen-bond acceptors (Lipinski definition) is 3. The summed E-state index contributed by atoms with van der Waals surface area (Å²) in [5, 5.41) is 13.0. The van der Waals surface area contributed by atoms with E-state index >= 15 is 0 Å². The minimum atomic E-state index is -0.998. The van der Waals surface area contributed by atoms with Gasteiger partial charge in [0.25, 0.3) is 0 Å². The van der Waals surface area contributed by atoms with E-state index in [-0.39, 0.29) is 23.4 Å². The first-order chi connectivity index (χ1) is 15.6. The van der Waals surface area contributed by atoms with Crippen LogP contribution in [-0.4, -0.2) is 23.5 Å². The Labute approximate surface area is 200 Å². The van der Waals surface area contributed by atoms with Gasteiger partial charge in [-0.15, -0.1) is 0 Å². The molecule has 0 atom stereocenters. The predicted octanol–water partition coefficient (Wildman–Crippen LogP) is 5.66. The van der Waals surface area contributed by atoms with Crippen molar-refractivity contribution in [3.05, 3.63) is 100 Å². The number of carboxylic acid groups (broad SMARTS) is 1. The summed E-state index contributed by atoms with van der Waals surface area (Å²) in [4.78, 5) is 26.1. The lowest BCUT2D eigenvalue weighted by Crippen LogP contribution is -2.37. The fourth-order valence-electron chi connectivity index (χ4n) is 3.41. The minimum Gasteiger partial charge on any atom is -0.478 e. The van der Waals surface area contributed by atoms with Crippen LogP contribution in [0, 0.1) is 0 Å². The van der Waals surface area contributed by atoms with Gasteiger partial charge in [-0.3, -0.25) is 4.79 Å². The zero-order valence-electron chi connectivity index (χ0n) is 19.1. The zero-order valence-corrected chi connectivity index (χ0v) is 19.9. The molecule has 3 rings (SSSR count). The average molecular weight is 465 g/mol. The summed E-state index contributed by atoms with van der Waals surface area (Å²) in [5.41, 5.74) is 4.13. The number of nitrogens with one attached hydrogen (secondary N) is 1. The highest BCUT2D eigenvalue weighted by Gasteiger charge is 2.18. The normalized spacial score (nSPS) is 11.3. The molecule has 0 aliphatic carbocycles. The van der Waals surface area contributed by atoms with Crippen molar-refractivity contribution in [1.29, 1.82) is 0 Å². The van der Waals surface area contributed by atoms with Crippen molar-refractivity contribution >= 4 is 29.2 Å². The van der Waals surface area contributed by atoms with Gasteiger partial charge in [0, 0.05) is 17.3 Å². The number of rotatable bonds is 8. The Morgan fingerprint density at radius 2 is 1.45 bits per heavy atom. The van der Waals surface area contributed by atoms with Crippen LogP contribution >= 0.6 is 11.6 Å². The second-order valence-corrected chi connectivity index (χ2v) is 9.45. The van der Waals surface area contributed by atoms with Crippen LogP contribution in [-0.2, 0) is 23.3 Å². The first-order valence-corrected chi connectivity index (χ1v) is 11.2. The highest BCUT2D eigenvalue weighted by atomic mass is 35.5. The van der Waals surface area contributed by atoms with E-state index in [9.17, 15) is 14.7 Å². The molecule has 2 N–H and O–H groups in total. The molecule has 0 unspecified atom stereocenters. The molecule has 0 aliphatic rings. The Morgan fingerprint density at radius 3 is 2.00 bits per heavy atom. The molecule has 0 radical (unpaired) electrons. The van der Waals surface area contributed by atoms with Gasteiger partial charge in [-0.05, 0) is 58.5 Å². The summed E-state index contributed by atoms with van der Waals surface area (Å²) >= 11 is 5.93. The first kappa shape index (κ1) is 24.5. The van der Waals surface area contributed by atoms with E-state index in [4.69, 9.17) is 11.6 Å². The number of anilines is 1. The van der Waals surface area contributed by atoms with E-state index < -0.39 is 5.97 Å². The number of nitrogens with zero attached hydrogens (tertiary/aromatic N) is 1. The molecule has 0 heterocycles. The van der Waals surface area contributed by atoms with Gasteiger partial charge in [0.15, 0.2) is 0 Å². The third-order valence-electron chi connectivity index (χ3n) is 5.41. The third kappa shape index (κ3) is 6.91. The molecule has 0 aliphatic heterocycles. The second-order valence-electron chi connectivity index (χ2n) is 9.01. The molecule has 1 amide bonds. The van der Waals surface area contributed by atoms with Gasteiger partial charge >= 0.3 is 5.97 Å². The predicted molar refractivity (Wildman–Crippen MR) is 133 cm³/mol. The van der Waals surface area contributed by atoms with Crippen molar-refractivity contribution in [2.24, 2.45) is 0 Å². The van der Waals surface area contributed by atoms with Crippen molar-refractivity contribution in [1.82, 2.24) is 5.32 Å². The molecular weight excluding hydrogens is 436 g/mol. The lowest BCUT2D eigenvalue weighted by molar-refractivity contribution is -0.118. The van der Waals surface area contributed by atoms with Gasteiger partial charge < -0.3 is 15.3 Å². The summed E-state index contributed by atoms with van der Waals surface area (Å²) in [5.74, 6) is -1.10. The minimum absolute atomic E-state index is 0.0479. The van der Waals surface area contributed by atoms with Crippen LogP contribution < -0.4 is 10.2 Å². The number of benzene rings is 3. The smallest absolute Gasteiger partial charge is 0.335 e. The third-order valence-corrected chi connectivity index (χ3v) is 5.66. The maximum atomic E-state index is 13.2. The molecule has 0 saturated heterocycles. The Bertz CT molecular complexity index is 1090. The topological polar surface area (TPSA) is 69.6 Å². The van der Waals surface area contributed by atoms with E-state index in [1.165, 1.54) is 17.7 Å². The summed E-state index contributed by atoms with van der Waals surface area (Å²) in [6.45, 7) is 7.55. The Hall–Kier alpha value is -3.15. The first-order valence-electron chi connectivity index (χ1n) is 10.8. The highest BCUT2D eigenvalue weighted by molar-refractivity contribution is 6.30. The number of carbonyl (C=O) groups is 2. The molecule has 5 nitrogen and oxygen atoms in total. The Kier molecular flexibility index (Phi) is 7.90. The molecule has 0 fully saturated rings. The molecule has 0 spiro atoms. The monoisotopic (exact) mass is 464 g/mol. The average Bonchev–Trinajstić information content (AvgIpc) is 2.78. The standard InChI is InChI=1S/C27H29ClN2O3/c1-27(2,3)22-10-4-20(5-11-22)18-30(24-14-8-21(9-15-24)26(32)33)25(31)17-29-16-19-6-12-23(28)13-7-19/h4-15,29H,16-18H2,1-3H3,(H,32,33). The molecule has 0 bridgehead atoms. The van der Waals surface area contributed by atoms with Crippen LogP contribution in [0.15, 0.2) is 72.8 Å². The van der Waals surface area contributed by atoms with E-state index in [1.807, 2.05) is 36.4 Å². The maximum absolute atomic E-state index is 13.2. The molecular formula is C27H29ClN2O3. The SMILES string of the molecule is CC(C)(C)c1ccc(CN(C(=O)CNCc2ccc(Cl)cc2)c2ccc(C(=O)O)cc2)cc1. The number of carbonyl (C=O) groups excluding carboxylic acids is 1. The van der Waals surface area contributed by atoms with Crippen molar-refractivity contribution in [2.75, 3.05) is 11.4 Å². The lowest BCUT2D eigenvalue weighted by Gasteiger charge is -2.24. The van der Waals surface area contributed by atoms with E-state index in [0.29, 0.717) is 23.8 Å². The summed E-state index contributed by atoms with van der Waals surface area (Å²) in [6.07, 6.45) is 0. The van der Waals surface area contributed by atoms with Crippen LogP contribution in [0.4, 0.5) is 5.69 Å². The molecule has 3 aromatic rings. The van der Waals surface area contributed by atoms with Crippen molar-refractivity contribution in [3.8, 4) is 0 Å².